The Morgan fingerprint density at radius 1 is 1.06 bits per heavy atom. The maximum atomic E-state index is 12.8. The maximum absolute atomic E-state index is 12.8. The smallest absolute Gasteiger partial charge is 0.414 e. The summed E-state index contributed by atoms with van der Waals surface area (Å²) in [6.07, 6.45) is -0.208. The molecule has 10 heteroatoms. The van der Waals surface area contributed by atoms with E-state index < -0.39 is 18.2 Å². The molecule has 0 spiro atoms. The number of rotatable bonds is 13. The molecule has 0 aliphatic rings. The van der Waals surface area contributed by atoms with Gasteiger partial charge in [-0.2, -0.15) is 0 Å². The molecule has 0 saturated carbocycles. The van der Waals surface area contributed by atoms with Gasteiger partial charge in [0.15, 0.2) is 6.23 Å². The molecule has 0 saturated heterocycles. The highest BCUT2D eigenvalue weighted by Crippen LogP contribution is 2.21. The van der Waals surface area contributed by atoms with Gasteiger partial charge < -0.3 is 20.1 Å². The number of hydrogen-bond donors (Lipinski definition) is 2. The van der Waals surface area contributed by atoms with Gasteiger partial charge in [0.25, 0.3) is 0 Å². The number of anilines is 1. The van der Waals surface area contributed by atoms with Crippen molar-refractivity contribution in [2.75, 3.05) is 45.7 Å². The van der Waals surface area contributed by atoms with E-state index >= 15 is 0 Å². The number of likely N-dealkylation sites (N-methyl/N-ethyl adjacent to an activating group) is 1. The van der Waals surface area contributed by atoms with Gasteiger partial charge in [-0.1, -0.05) is 54.1 Å². The molecule has 1 aromatic heterocycles. The largest absolute Gasteiger partial charge is 0.429 e. The Balaban J connectivity index is 1.73. The lowest BCUT2D eigenvalue weighted by molar-refractivity contribution is -0.123. The Morgan fingerprint density at radius 2 is 1.75 bits per heavy atom. The predicted octanol–water partition coefficient (Wildman–Crippen LogP) is 3.72. The van der Waals surface area contributed by atoms with E-state index in [4.69, 9.17) is 26.8 Å². The number of benzene rings is 2. The van der Waals surface area contributed by atoms with E-state index in [0.29, 0.717) is 37.1 Å². The first-order valence-corrected chi connectivity index (χ1v) is 12.0. The van der Waals surface area contributed by atoms with E-state index in [2.05, 4.69) is 10.3 Å². The van der Waals surface area contributed by atoms with Crippen molar-refractivity contribution in [3.8, 4) is 0 Å². The van der Waals surface area contributed by atoms with E-state index in [-0.39, 0.29) is 6.42 Å². The number of amides is 2. The zero-order chi connectivity index (χ0) is 25.9. The summed E-state index contributed by atoms with van der Waals surface area (Å²) in [6.45, 7) is 2.40. The number of carbonyl (C=O) groups excluding carboxylic acids is 2. The second-order valence-corrected chi connectivity index (χ2v) is 8.96. The molecular weight excluding hydrogens is 482 g/mol. The van der Waals surface area contributed by atoms with E-state index in [1.54, 1.807) is 18.3 Å². The van der Waals surface area contributed by atoms with Crippen molar-refractivity contribution in [2.45, 2.75) is 19.2 Å². The Morgan fingerprint density at radius 3 is 2.47 bits per heavy atom. The van der Waals surface area contributed by atoms with Crippen LogP contribution in [0.25, 0.3) is 10.8 Å². The van der Waals surface area contributed by atoms with E-state index in [1.807, 2.05) is 66.4 Å². The van der Waals surface area contributed by atoms with Crippen LogP contribution in [0.3, 0.4) is 0 Å². The number of fused-ring (bicyclic) bond motifs is 1. The van der Waals surface area contributed by atoms with Crippen molar-refractivity contribution in [1.82, 2.24) is 14.8 Å². The number of nitrogens with two attached hydrogens (primary N) is 1. The normalized spacial score (nSPS) is 12.1. The molecule has 2 amide bonds. The Kier molecular flexibility index (Phi) is 10.4. The number of nitrogens with one attached hydrogen (secondary N) is 1. The molecule has 3 rings (SSSR count). The summed E-state index contributed by atoms with van der Waals surface area (Å²) >= 11 is 6.37. The lowest BCUT2D eigenvalue weighted by Gasteiger charge is -2.31. The number of nitrogens with zero attached hydrogens (tertiary/aromatic N) is 3. The molecule has 0 aliphatic heterocycles. The summed E-state index contributed by atoms with van der Waals surface area (Å²) in [7, 11) is 3.93. The monoisotopic (exact) mass is 513 g/mol. The molecule has 0 fully saturated rings. The van der Waals surface area contributed by atoms with Crippen LogP contribution < -0.4 is 11.1 Å². The summed E-state index contributed by atoms with van der Waals surface area (Å²) < 4.78 is 11.4. The number of ether oxygens (including phenoxy) is 2. The topological polar surface area (TPSA) is 110 Å². The van der Waals surface area contributed by atoms with Crippen molar-refractivity contribution in [3.63, 3.8) is 0 Å². The molecule has 0 radical (unpaired) electrons. The lowest BCUT2D eigenvalue weighted by atomic mass is 10.2. The minimum atomic E-state index is -0.934. The van der Waals surface area contributed by atoms with Gasteiger partial charge in [-0.3, -0.25) is 15.0 Å². The van der Waals surface area contributed by atoms with Gasteiger partial charge in [-0.05, 0) is 37.2 Å². The third-order valence-electron chi connectivity index (χ3n) is 5.42. The average Bonchev–Trinajstić information content (AvgIpc) is 2.83. The molecule has 0 bridgehead atoms. The maximum Gasteiger partial charge on any atom is 0.414 e. The molecule has 1 atom stereocenters. The quantitative estimate of drug-likeness (QED) is 0.265. The molecule has 3 N–H and O–H groups in total. The Labute approximate surface area is 216 Å². The van der Waals surface area contributed by atoms with Crippen LogP contribution in [0.1, 0.15) is 12.0 Å². The van der Waals surface area contributed by atoms with E-state index in [9.17, 15) is 9.59 Å². The summed E-state index contributed by atoms with van der Waals surface area (Å²) in [5.74, 6) is -0.268. The number of hydrogen-bond acceptors (Lipinski definition) is 7. The average molecular weight is 514 g/mol. The Bertz CT molecular complexity index is 1160. The molecule has 0 aliphatic carbocycles. The fourth-order valence-electron chi connectivity index (χ4n) is 3.53. The van der Waals surface area contributed by atoms with Gasteiger partial charge in [0, 0.05) is 36.2 Å². The van der Waals surface area contributed by atoms with Crippen LogP contribution in [-0.2, 0) is 20.8 Å². The fourth-order valence-corrected chi connectivity index (χ4v) is 3.72. The highest BCUT2D eigenvalue weighted by molar-refractivity contribution is 6.31. The first kappa shape index (κ1) is 27.3. The predicted molar refractivity (Wildman–Crippen MR) is 141 cm³/mol. The van der Waals surface area contributed by atoms with E-state index in [1.165, 1.54) is 0 Å². The van der Waals surface area contributed by atoms with Crippen molar-refractivity contribution in [2.24, 2.45) is 5.73 Å². The second kappa shape index (κ2) is 13.7. The van der Waals surface area contributed by atoms with E-state index in [0.717, 1.165) is 22.9 Å². The molecule has 2 aromatic carbocycles. The van der Waals surface area contributed by atoms with Gasteiger partial charge >= 0.3 is 6.09 Å². The third-order valence-corrected chi connectivity index (χ3v) is 5.79. The van der Waals surface area contributed by atoms with Crippen LogP contribution in [0.5, 0.6) is 0 Å². The standard InChI is InChI=1S/C26H32ClN5O4/c1-31(2)11-13-35-14-12-32(18-21-9-5-6-10-22(21)27)25(16-23(28)33)36-26(34)30-24-15-19-7-3-4-8-20(19)17-29-24/h3-10,15,17,25H,11-14,16,18H2,1-2H3,(H2,28,33)(H,29,30,34). The number of aromatic nitrogens is 1. The number of pyridine rings is 1. The SMILES string of the molecule is CN(C)CCOCCN(Cc1ccccc1Cl)C(CC(N)=O)OC(=O)Nc1cc2ccccc2cn1. The van der Waals surface area contributed by atoms with Crippen LogP contribution in [0.15, 0.2) is 60.8 Å². The fraction of sp³-hybridized carbons (Fsp3) is 0.346. The van der Waals surface area contributed by atoms with Crippen molar-refractivity contribution in [3.05, 3.63) is 71.4 Å². The molecule has 9 nitrogen and oxygen atoms in total. The number of halogens is 1. The minimum absolute atomic E-state index is 0.194. The van der Waals surface area contributed by atoms with Gasteiger partial charge in [-0.25, -0.2) is 9.78 Å². The van der Waals surface area contributed by atoms with Crippen LogP contribution in [0, 0.1) is 0 Å². The molecule has 1 heterocycles. The van der Waals surface area contributed by atoms with Crippen LogP contribution >= 0.6 is 11.6 Å². The summed E-state index contributed by atoms with van der Waals surface area (Å²) in [4.78, 5) is 32.8. The number of carbonyl (C=O) groups is 2. The third kappa shape index (κ3) is 8.76. The summed E-state index contributed by atoms with van der Waals surface area (Å²) in [6, 6.07) is 16.8. The van der Waals surface area contributed by atoms with Crippen LogP contribution in [0.2, 0.25) is 5.02 Å². The van der Waals surface area contributed by atoms with Crippen molar-refractivity contribution >= 4 is 40.2 Å². The summed E-state index contributed by atoms with van der Waals surface area (Å²) in [5, 5.41) is 5.08. The molecule has 36 heavy (non-hydrogen) atoms. The highest BCUT2D eigenvalue weighted by atomic mass is 35.5. The van der Waals surface area contributed by atoms with Crippen LogP contribution in [0.4, 0.5) is 10.6 Å². The first-order chi connectivity index (χ1) is 17.3. The van der Waals surface area contributed by atoms with Gasteiger partial charge in [0.2, 0.25) is 5.91 Å². The zero-order valence-electron chi connectivity index (χ0n) is 20.5. The van der Waals surface area contributed by atoms with Crippen molar-refractivity contribution in [1.29, 1.82) is 0 Å². The lowest BCUT2D eigenvalue weighted by Crippen LogP contribution is -2.43. The molecule has 1 unspecified atom stereocenters. The van der Waals surface area contributed by atoms with Gasteiger partial charge in [0.05, 0.1) is 19.6 Å². The zero-order valence-corrected chi connectivity index (χ0v) is 21.3. The first-order valence-electron chi connectivity index (χ1n) is 11.6. The molecular formula is C26H32ClN5O4. The number of primary amides is 1. The van der Waals surface area contributed by atoms with Gasteiger partial charge in [0.1, 0.15) is 5.82 Å². The summed E-state index contributed by atoms with van der Waals surface area (Å²) in [5.41, 5.74) is 6.32. The highest BCUT2D eigenvalue weighted by Gasteiger charge is 2.26. The second-order valence-electron chi connectivity index (χ2n) is 8.55. The van der Waals surface area contributed by atoms with Crippen molar-refractivity contribution < 1.29 is 19.1 Å². The van der Waals surface area contributed by atoms with Crippen LogP contribution in [-0.4, -0.2) is 73.4 Å². The minimum Gasteiger partial charge on any atom is -0.429 e. The molecule has 3 aromatic rings. The Hall–Kier alpha value is -3.24. The van der Waals surface area contributed by atoms with Gasteiger partial charge in [-0.15, -0.1) is 0 Å². The molecule has 192 valence electrons.